The molecule has 3 N–H and O–H groups in total. The molecule has 372 valence electrons. The maximum absolute atomic E-state index is 13.3. The summed E-state index contributed by atoms with van der Waals surface area (Å²) in [5, 5.41) is 8.37. The van der Waals surface area contributed by atoms with Crippen LogP contribution in [0.15, 0.2) is 42.6 Å². The van der Waals surface area contributed by atoms with Crippen molar-refractivity contribution >= 4 is 52.5 Å². The predicted octanol–water partition coefficient (Wildman–Crippen LogP) is 3.99. The molecule has 0 bridgehead atoms. The molecule has 19 nitrogen and oxygen atoms in total. The van der Waals surface area contributed by atoms with Crippen molar-refractivity contribution in [1.29, 1.82) is 0 Å². The Labute approximate surface area is 403 Å². The highest BCUT2D eigenvalue weighted by atomic mass is 16.6. The van der Waals surface area contributed by atoms with Crippen LogP contribution in [-0.4, -0.2) is 148 Å². The van der Waals surface area contributed by atoms with E-state index >= 15 is 0 Å². The Hall–Kier alpha value is -5.86. The number of imide groups is 1. The number of rotatable bonds is 27. The van der Waals surface area contributed by atoms with Gasteiger partial charge in [0.15, 0.2) is 11.6 Å². The fraction of sp³-hybridized carbons (Fsp3) is 0.560. The number of hydrogen-bond donors (Lipinski definition) is 3. The molecule has 1 aliphatic carbocycles. The molecular formula is C50H66N8O11. The molecule has 5 amide bonds. The second-order valence-corrected chi connectivity index (χ2v) is 17.6. The van der Waals surface area contributed by atoms with E-state index in [0.29, 0.717) is 126 Å². The minimum Gasteiger partial charge on any atom is -0.496 e. The Morgan fingerprint density at radius 1 is 0.870 bits per heavy atom. The van der Waals surface area contributed by atoms with Crippen molar-refractivity contribution in [3.8, 4) is 5.75 Å². The Morgan fingerprint density at radius 3 is 2.30 bits per heavy atom. The molecule has 0 spiro atoms. The van der Waals surface area contributed by atoms with Gasteiger partial charge in [-0.05, 0) is 50.3 Å². The van der Waals surface area contributed by atoms with Crippen LogP contribution >= 0.6 is 0 Å². The summed E-state index contributed by atoms with van der Waals surface area (Å²) in [6.45, 7) is 6.59. The highest BCUT2D eigenvalue weighted by Gasteiger charge is 2.42. The number of nitrogens with one attached hydrogen (secondary N) is 3. The standard InChI is InChI=1S/C50H66N8O11/c1-4-39-50(64)56(2)41-31-52-44(54-47(41)58(39)35-9-5-6-10-35)30-34-15-14-33(29-43(34)65-3)42(59)13-8-21-66-23-25-68-27-28-69-26-24-67-22-20-51-19-18-46(61)53-38-12-7-11-36-37(38)32-57(49(36)63)40-16-17-45(60)55-48(40)62/h7,11-12,14-15,29,31,35,39-40,51H,4-6,8-10,13,16-28,30,32H2,1-3H3,(H,53,61)(H,55,60,62)/t39-,40?/m1/s1. The molecule has 4 heterocycles. The summed E-state index contributed by atoms with van der Waals surface area (Å²) < 4.78 is 28.2. The molecule has 1 aromatic heterocycles. The zero-order valence-electron chi connectivity index (χ0n) is 40.1. The van der Waals surface area contributed by atoms with Gasteiger partial charge >= 0.3 is 0 Å². The van der Waals surface area contributed by atoms with E-state index in [1.165, 1.54) is 4.90 Å². The summed E-state index contributed by atoms with van der Waals surface area (Å²) in [5.41, 5.74) is 3.81. The molecule has 4 aliphatic rings. The van der Waals surface area contributed by atoms with Crippen molar-refractivity contribution in [1.82, 2.24) is 25.5 Å². The van der Waals surface area contributed by atoms with Crippen LogP contribution in [0.4, 0.5) is 17.2 Å². The lowest BCUT2D eigenvalue weighted by atomic mass is 10.0. The summed E-state index contributed by atoms with van der Waals surface area (Å²) in [7, 11) is 3.39. The number of benzene rings is 2. The minimum absolute atomic E-state index is 0.00449. The van der Waals surface area contributed by atoms with Crippen LogP contribution in [0.2, 0.25) is 0 Å². The normalized spacial score (nSPS) is 18.2. The van der Waals surface area contributed by atoms with Gasteiger partial charge in [-0.15, -0.1) is 0 Å². The first-order valence-corrected chi connectivity index (χ1v) is 24.3. The first-order valence-electron chi connectivity index (χ1n) is 24.3. The first-order chi connectivity index (χ1) is 33.6. The molecule has 7 rings (SSSR count). The molecule has 0 radical (unpaired) electrons. The van der Waals surface area contributed by atoms with Crippen molar-refractivity contribution in [3.05, 3.63) is 70.7 Å². The highest BCUT2D eigenvalue weighted by molar-refractivity contribution is 6.07. The largest absolute Gasteiger partial charge is 0.496 e. The third-order valence-electron chi connectivity index (χ3n) is 13.0. The smallest absolute Gasteiger partial charge is 0.255 e. The number of aromatic nitrogens is 2. The number of anilines is 3. The fourth-order valence-electron chi connectivity index (χ4n) is 9.37. The number of ether oxygens (including phenoxy) is 5. The molecule has 2 fully saturated rings. The van der Waals surface area contributed by atoms with Crippen LogP contribution in [-0.2, 0) is 51.1 Å². The van der Waals surface area contributed by atoms with Gasteiger partial charge in [0.25, 0.3) is 5.91 Å². The first kappa shape index (κ1) is 51.0. The molecule has 3 aromatic rings. The molecule has 2 atom stereocenters. The zero-order valence-corrected chi connectivity index (χ0v) is 40.1. The number of piperidine rings is 1. The molecule has 69 heavy (non-hydrogen) atoms. The van der Waals surface area contributed by atoms with Crippen LogP contribution < -0.4 is 30.5 Å². The quantitative estimate of drug-likeness (QED) is 0.0559. The van der Waals surface area contributed by atoms with Gasteiger partial charge < -0.3 is 49.0 Å². The Kier molecular flexibility index (Phi) is 18.6. The summed E-state index contributed by atoms with van der Waals surface area (Å²) >= 11 is 0. The van der Waals surface area contributed by atoms with Crippen molar-refractivity contribution in [2.75, 3.05) is 95.2 Å². The SMILES string of the molecule is CC[C@@H]1C(=O)N(C)c2cnc(Cc3ccc(C(=O)CCCOCCOCCOCCOCCNCCC(=O)Nc4cccc5c4CN(C4CCC(=O)NC4=O)C5=O)cc3OC)nc2N1C1CCCC1. The molecule has 2 aromatic carbocycles. The summed E-state index contributed by atoms with van der Waals surface area (Å²) in [4.78, 5) is 91.1. The molecule has 1 saturated carbocycles. The molecular weight excluding hydrogens is 889 g/mol. The number of likely N-dealkylation sites (N-methyl/N-ethyl adjacent to an activating group) is 1. The lowest BCUT2D eigenvalue weighted by Gasteiger charge is -2.43. The molecule has 1 saturated heterocycles. The van der Waals surface area contributed by atoms with E-state index in [4.69, 9.17) is 28.7 Å². The Morgan fingerprint density at radius 2 is 1.59 bits per heavy atom. The number of fused-ring (bicyclic) bond motifs is 2. The number of amides is 5. The van der Waals surface area contributed by atoms with Gasteiger partial charge in [-0.3, -0.25) is 34.1 Å². The molecule has 1 unspecified atom stereocenters. The van der Waals surface area contributed by atoms with Crippen molar-refractivity contribution in [2.45, 2.75) is 102 Å². The number of Topliss-reactive ketones (excluding diaryl/α,β-unsaturated/α-hetero) is 1. The summed E-state index contributed by atoms with van der Waals surface area (Å²) in [6, 6.07) is 9.94. The zero-order chi connectivity index (χ0) is 48.7. The van der Waals surface area contributed by atoms with Gasteiger partial charge in [-0.2, -0.15) is 0 Å². The number of nitrogens with zero attached hydrogens (tertiary/aromatic N) is 5. The van der Waals surface area contributed by atoms with E-state index < -0.39 is 11.9 Å². The van der Waals surface area contributed by atoms with Gasteiger partial charge in [0.1, 0.15) is 29.3 Å². The fourth-order valence-corrected chi connectivity index (χ4v) is 9.37. The molecule has 19 heteroatoms. The maximum Gasteiger partial charge on any atom is 0.255 e. The number of carbonyl (C=O) groups is 6. The minimum atomic E-state index is -0.721. The van der Waals surface area contributed by atoms with E-state index in [9.17, 15) is 28.8 Å². The lowest BCUT2D eigenvalue weighted by molar-refractivity contribution is -0.137. The van der Waals surface area contributed by atoms with Gasteiger partial charge in [0.2, 0.25) is 23.6 Å². The van der Waals surface area contributed by atoms with E-state index in [0.717, 1.165) is 42.8 Å². The average Bonchev–Trinajstić information content (AvgIpc) is 4.01. The van der Waals surface area contributed by atoms with Gasteiger partial charge in [-0.1, -0.05) is 38.0 Å². The average molecular weight is 955 g/mol. The number of hydrogen-bond acceptors (Lipinski definition) is 15. The topological polar surface area (TPSA) is 220 Å². The van der Waals surface area contributed by atoms with E-state index in [1.807, 2.05) is 12.1 Å². The van der Waals surface area contributed by atoms with E-state index in [1.54, 1.807) is 49.5 Å². The van der Waals surface area contributed by atoms with E-state index in [-0.39, 0.29) is 67.3 Å². The maximum atomic E-state index is 13.3. The van der Waals surface area contributed by atoms with Crippen LogP contribution in [0.1, 0.15) is 109 Å². The third-order valence-corrected chi connectivity index (χ3v) is 13.0. The van der Waals surface area contributed by atoms with Crippen LogP contribution in [0, 0.1) is 0 Å². The Balaban J connectivity index is 0.691. The third kappa shape index (κ3) is 13.1. The van der Waals surface area contributed by atoms with Crippen LogP contribution in [0.5, 0.6) is 5.75 Å². The monoisotopic (exact) mass is 954 g/mol. The van der Waals surface area contributed by atoms with Crippen molar-refractivity contribution < 1.29 is 52.5 Å². The van der Waals surface area contributed by atoms with Crippen LogP contribution in [0.25, 0.3) is 0 Å². The van der Waals surface area contributed by atoms with Gasteiger partial charge in [0.05, 0.1) is 59.6 Å². The van der Waals surface area contributed by atoms with Crippen molar-refractivity contribution in [2.24, 2.45) is 0 Å². The molecule has 3 aliphatic heterocycles. The Bertz CT molecular complexity index is 2310. The highest BCUT2D eigenvalue weighted by Crippen LogP contribution is 2.40. The van der Waals surface area contributed by atoms with E-state index in [2.05, 4.69) is 32.8 Å². The predicted molar refractivity (Wildman–Crippen MR) is 256 cm³/mol. The summed E-state index contributed by atoms with van der Waals surface area (Å²) in [5.74, 6) is 0.808. The van der Waals surface area contributed by atoms with Gasteiger partial charge in [-0.25, -0.2) is 9.97 Å². The number of ketones is 1. The second-order valence-electron chi connectivity index (χ2n) is 17.6. The van der Waals surface area contributed by atoms with Crippen molar-refractivity contribution in [3.63, 3.8) is 0 Å². The van der Waals surface area contributed by atoms with Crippen LogP contribution in [0.3, 0.4) is 0 Å². The number of carbonyl (C=O) groups excluding carboxylic acids is 6. The number of methoxy groups -OCH3 is 1. The second kappa shape index (κ2) is 25.1. The lowest BCUT2D eigenvalue weighted by Crippen LogP contribution is -2.55. The van der Waals surface area contributed by atoms with Gasteiger partial charge in [0, 0.05) is 93.0 Å². The summed E-state index contributed by atoms with van der Waals surface area (Å²) in [6.07, 6.45) is 8.86.